The van der Waals surface area contributed by atoms with E-state index in [4.69, 9.17) is 4.74 Å². The Morgan fingerprint density at radius 1 is 1.24 bits per heavy atom. The molecule has 0 bridgehead atoms. The van der Waals surface area contributed by atoms with Crippen molar-refractivity contribution in [1.82, 2.24) is 9.55 Å². The molecule has 0 aliphatic heterocycles. The van der Waals surface area contributed by atoms with Gasteiger partial charge in [-0.2, -0.15) is 0 Å². The van der Waals surface area contributed by atoms with Crippen molar-refractivity contribution in [2.24, 2.45) is 5.41 Å². The van der Waals surface area contributed by atoms with Crippen molar-refractivity contribution < 1.29 is 14.3 Å². The van der Waals surface area contributed by atoms with E-state index in [1.807, 2.05) is 41.8 Å². The molecule has 1 atom stereocenters. The third kappa shape index (κ3) is 3.50. The summed E-state index contributed by atoms with van der Waals surface area (Å²) < 4.78 is 7.35. The number of rotatable bonds is 6. The quantitative estimate of drug-likeness (QED) is 0.751. The van der Waals surface area contributed by atoms with Crippen LogP contribution in [0.3, 0.4) is 0 Å². The number of imidazole rings is 1. The molecule has 5 nitrogen and oxygen atoms in total. The molecule has 1 heterocycles. The second-order valence-electron chi connectivity index (χ2n) is 6.89. The number of carbonyl (C=O) groups is 2. The van der Waals surface area contributed by atoms with E-state index in [1.165, 1.54) is 6.20 Å². The van der Waals surface area contributed by atoms with Gasteiger partial charge in [-0.05, 0) is 32.3 Å². The van der Waals surface area contributed by atoms with E-state index in [1.54, 1.807) is 13.3 Å². The van der Waals surface area contributed by atoms with E-state index in [9.17, 15) is 9.59 Å². The molecular formula is C20H24N2O3. The van der Waals surface area contributed by atoms with Gasteiger partial charge >= 0.3 is 5.97 Å². The Morgan fingerprint density at radius 3 is 2.56 bits per heavy atom. The lowest BCUT2D eigenvalue weighted by Gasteiger charge is -2.25. The number of aromatic nitrogens is 2. The van der Waals surface area contributed by atoms with Gasteiger partial charge in [0.05, 0.1) is 24.0 Å². The van der Waals surface area contributed by atoms with Crippen LogP contribution in [0.2, 0.25) is 0 Å². The smallest absolute Gasteiger partial charge is 0.356 e. The van der Waals surface area contributed by atoms with Crippen molar-refractivity contribution >= 4 is 11.8 Å². The number of hydrogen-bond acceptors (Lipinski definition) is 4. The van der Waals surface area contributed by atoms with Gasteiger partial charge < -0.3 is 9.30 Å². The minimum Gasteiger partial charge on any atom is -0.460 e. The number of benzene rings is 1. The van der Waals surface area contributed by atoms with Gasteiger partial charge in [0, 0.05) is 0 Å². The molecule has 0 radical (unpaired) electrons. The predicted molar refractivity (Wildman–Crippen MR) is 94.3 cm³/mol. The van der Waals surface area contributed by atoms with Gasteiger partial charge in [0.2, 0.25) is 0 Å². The van der Waals surface area contributed by atoms with Crippen LogP contribution in [0, 0.1) is 5.41 Å². The molecule has 0 saturated heterocycles. The molecule has 1 aromatic heterocycles. The number of ether oxygens (including phenoxy) is 1. The summed E-state index contributed by atoms with van der Waals surface area (Å²) in [6, 6.07) is 9.91. The molecule has 2 aromatic rings. The molecule has 132 valence electrons. The van der Waals surface area contributed by atoms with E-state index in [0.29, 0.717) is 5.69 Å². The van der Waals surface area contributed by atoms with E-state index in [-0.39, 0.29) is 18.4 Å². The third-order valence-electron chi connectivity index (χ3n) is 5.36. The van der Waals surface area contributed by atoms with Gasteiger partial charge in [-0.3, -0.25) is 4.79 Å². The van der Waals surface area contributed by atoms with E-state index in [0.717, 1.165) is 31.2 Å². The zero-order chi connectivity index (χ0) is 17.9. The maximum atomic E-state index is 12.6. The summed E-state index contributed by atoms with van der Waals surface area (Å²) in [6.45, 7) is 3.77. The van der Waals surface area contributed by atoms with Crippen LogP contribution in [0.15, 0.2) is 42.9 Å². The summed E-state index contributed by atoms with van der Waals surface area (Å²) in [6.07, 6.45) is 6.80. The summed E-state index contributed by atoms with van der Waals surface area (Å²) in [5.74, 6) is -0.309. The standard InChI is InChI=1S/C20H24N2O3/c1-15(17-8-4-3-5-9-17)22-14-21-12-18(22)19(24)25-13-20(16(2)23)10-6-7-11-20/h3-5,8-9,12,14-15H,6-7,10-11,13H2,1-2H3/t15-/m1/s1. The lowest BCUT2D eigenvalue weighted by Crippen LogP contribution is -2.33. The molecule has 5 heteroatoms. The fourth-order valence-corrected chi connectivity index (χ4v) is 3.59. The predicted octanol–water partition coefficient (Wildman–Crippen LogP) is 3.80. The fraction of sp³-hybridized carbons (Fsp3) is 0.450. The topological polar surface area (TPSA) is 61.2 Å². The Balaban J connectivity index is 1.74. The first-order chi connectivity index (χ1) is 12.0. The average molecular weight is 340 g/mol. The van der Waals surface area contributed by atoms with Crippen molar-refractivity contribution in [3.63, 3.8) is 0 Å². The number of Topliss-reactive ketones (excluding diaryl/α,β-unsaturated/α-hetero) is 1. The van der Waals surface area contributed by atoms with Gasteiger partial charge in [-0.15, -0.1) is 0 Å². The van der Waals surface area contributed by atoms with Crippen LogP contribution < -0.4 is 0 Å². The minimum atomic E-state index is -0.494. The van der Waals surface area contributed by atoms with Crippen molar-refractivity contribution in [2.75, 3.05) is 6.61 Å². The largest absolute Gasteiger partial charge is 0.460 e. The highest BCUT2D eigenvalue weighted by molar-refractivity contribution is 5.88. The molecule has 1 aromatic carbocycles. The highest BCUT2D eigenvalue weighted by Gasteiger charge is 2.40. The number of hydrogen-bond donors (Lipinski definition) is 0. The molecular weight excluding hydrogens is 316 g/mol. The molecule has 0 spiro atoms. The van der Waals surface area contributed by atoms with Crippen LogP contribution in [0.1, 0.15) is 61.6 Å². The second kappa shape index (κ2) is 7.21. The summed E-state index contributed by atoms with van der Waals surface area (Å²) in [7, 11) is 0. The molecule has 3 rings (SSSR count). The number of nitrogens with zero attached hydrogens (tertiary/aromatic N) is 2. The summed E-state index contributed by atoms with van der Waals surface area (Å²) in [5, 5.41) is 0. The number of esters is 1. The molecule has 1 fully saturated rings. The minimum absolute atomic E-state index is 0.0282. The molecule has 0 amide bonds. The van der Waals surface area contributed by atoms with Crippen LogP contribution >= 0.6 is 0 Å². The van der Waals surface area contributed by atoms with Crippen molar-refractivity contribution in [3.8, 4) is 0 Å². The number of carbonyl (C=O) groups excluding carboxylic acids is 2. The van der Waals surface area contributed by atoms with Crippen LogP contribution in [0.4, 0.5) is 0 Å². The molecule has 25 heavy (non-hydrogen) atoms. The molecule has 1 saturated carbocycles. The molecule has 1 aliphatic rings. The second-order valence-corrected chi connectivity index (χ2v) is 6.89. The van der Waals surface area contributed by atoms with Gasteiger partial charge in [0.1, 0.15) is 18.1 Å². The first-order valence-electron chi connectivity index (χ1n) is 8.78. The Bertz CT molecular complexity index is 745. The lowest BCUT2D eigenvalue weighted by atomic mass is 9.83. The van der Waals surface area contributed by atoms with Crippen LogP contribution in [-0.2, 0) is 9.53 Å². The summed E-state index contributed by atoms with van der Waals surface area (Å²) in [5.41, 5.74) is 1.00. The Labute approximate surface area is 148 Å². The van der Waals surface area contributed by atoms with Gasteiger partial charge in [-0.1, -0.05) is 43.2 Å². The summed E-state index contributed by atoms with van der Waals surface area (Å²) >= 11 is 0. The van der Waals surface area contributed by atoms with Crippen LogP contribution in [-0.4, -0.2) is 27.9 Å². The Kier molecular flexibility index (Phi) is 5.02. The first kappa shape index (κ1) is 17.4. The molecule has 0 N–H and O–H groups in total. The maximum Gasteiger partial charge on any atom is 0.356 e. The third-order valence-corrected chi connectivity index (χ3v) is 5.36. The zero-order valence-electron chi connectivity index (χ0n) is 14.8. The molecule has 1 aliphatic carbocycles. The lowest BCUT2D eigenvalue weighted by molar-refractivity contribution is -0.128. The zero-order valence-corrected chi connectivity index (χ0v) is 14.8. The van der Waals surface area contributed by atoms with Crippen molar-refractivity contribution in [2.45, 2.75) is 45.6 Å². The van der Waals surface area contributed by atoms with Crippen LogP contribution in [0.5, 0.6) is 0 Å². The monoisotopic (exact) mass is 340 g/mol. The van der Waals surface area contributed by atoms with Gasteiger partial charge in [-0.25, -0.2) is 9.78 Å². The Morgan fingerprint density at radius 2 is 1.92 bits per heavy atom. The highest BCUT2D eigenvalue weighted by Crippen LogP contribution is 2.39. The maximum absolute atomic E-state index is 12.6. The van der Waals surface area contributed by atoms with Crippen LogP contribution in [0.25, 0.3) is 0 Å². The van der Waals surface area contributed by atoms with Crippen molar-refractivity contribution in [3.05, 3.63) is 54.1 Å². The van der Waals surface area contributed by atoms with E-state index < -0.39 is 11.4 Å². The molecule has 0 unspecified atom stereocenters. The highest BCUT2D eigenvalue weighted by atomic mass is 16.5. The SMILES string of the molecule is CC(=O)C1(COC(=O)c2cncn2[C@H](C)c2ccccc2)CCCC1. The van der Waals surface area contributed by atoms with Gasteiger partial charge in [0.15, 0.2) is 0 Å². The first-order valence-corrected chi connectivity index (χ1v) is 8.78. The number of ketones is 1. The fourth-order valence-electron chi connectivity index (χ4n) is 3.59. The van der Waals surface area contributed by atoms with Gasteiger partial charge in [0.25, 0.3) is 0 Å². The van der Waals surface area contributed by atoms with E-state index in [2.05, 4.69) is 4.98 Å². The average Bonchev–Trinajstić information content (AvgIpc) is 3.30. The Hall–Kier alpha value is -2.43. The van der Waals surface area contributed by atoms with E-state index >= 15 is 0 Å². The summed E-state index contributed by atoms with van der Waals surface area (Å²) in [4.78, 5) is 28.7. The van der Waals surface area contributed by atoms with Crippen molar-refractivity contribution in [1.29, 1.82) is 0 Å². The normalized spacial score (nSPS) is 17.2.